The number of hydrogen-bond acceptors (Lipinski definition) is 4. The average molecular weight is 346 g/mol. The van der Waals surface area contributed by atoms with Gasteiger partial charge in [0.2, 0.25) is 15.8 Å². The number of carbonyl (C=O) groups is 2. The third-order valence-corrected chi connectivity index (χ3v) is 4.47. The fraction of sp³-hybridized carbons (Fsp3) is 0.176. The van der Waals surface area contributed by atoms with Crippen LogP contribution in [0, 0.1) is 6.92 Å². The highest BCUT2D eigenvalue weighted by atomic mass is 32.2. The molecule has 0 aliphatic heterocycles. The van der Waals surface area contributed by atoms with Crippen molar-refractivity contribution in [2.24, 2.45) is 5.14 Å². The fourth-order valence-corrected chi connectivity index (χ4v) is 2.71. The van der Waals surface area contributed by atoms with Gasteiger partial charge in [-0.1, -0.05) is 42.0 Å². The molecule has 0 bridgehead atoms. The number of rotatable bonds is 5. The molecule has 2 aromatic rings. The van der Waals surface area contributed by atoms with Gasteiger partial charge in [0.25, 0.3) is 5.91 Å². The molecule has 1 unspecified atom stereocenters. The number of nitrogens with two attached hydrogens (primary N) is 1. The molecule has 0 saturated heterocycles. The molecule has 3 N–H and O–H groups in total. The highest BCUT2D eigenvalue weighted by molar-refractivity contribution is 7.89. The zero-order chi connectivity index (χ0) is 17.9. The maximum atomic E-state index is 12.1. The van der Waals surface area contributed by atoms with Gasteiger partial charge in [-0.05, 0) is 31.5 Å². The van der Waals surface area contributed by atoms with Gasteiger partial charge in [0, 0.05) is 5.56 Å². The molecule has 0 saturated carbocycles. The van der Waals surface area contributed by atoms with Crippen LogP contribution >= 0.6 is 0 Å². The molecular formula is C17H18N2O4S. The molecule has 126 valence electrons. The standard InChI is InChI=1S/C17H18N2O4S/c1-11-6-8-13(9-7-11)16(20)17(21)19-12(2)14-4-3-5-15(10-14)24(18,22)23/h3-10,12H,1-2H3,(H,19,21)(H2,18,22,23). The summed E-state index contributed by atoms with van der Waals surface area (Å²) in [6.45, 7) is 3.54. The largest absolute Gasteiger partial charge is 0.343 e. The van der Waals surface area contributed by atoms with Crippen LogP contribution < -0.4 is 10.5 Å². The molecule has 0 radical (unpaired) electrons. The molecule has 2 aromatic carbocycles. The van der Waals surface area contributed by atoms with Crippen molar-refractivity contribution in [3.63, 3.8) is 0 Å². The van der Waals surface area contributed by atoms with Gasteiger partial charge in [0.15, 0.2) is 0 Å². The first-order valence-corrected chi connectivity index (χ1v) is 8.78. The summed E-state index contributed by atoms with van der Waals surface area (Å²) < 4.78 is 22.8. The summed E-state index contributed by atoms with van der Waals surface area (Å²) in [6.07, 6.45) is 0. The highest BCUT2D eigenvalue weighted by Crippen LogP contribution is 2.17. The first-order valence-electron chi connectivity index (χ1n) is 7.23. The van der Waals surface area contributed by atoms with Gasteiger partial charge < -0.3 is 5.32 Å². The Kier molecular flexibility index (Phi) is 5.16. The number of hydrogen-bond donors (Lipinski definition) is 2. The van der Waals surface area contributed by atoms with Crippen LogP contribution in [0.3, 0.4) is 0 Å². The summed E-state index contributed by atoms with van der Waals surface area (Å²) in [6, 6.07) is 12.0. The molecule has 0 aromatic heterocycles. The van der Waals surface area contributed by atoms with Crippen LogP contribution in [-0.2, 0) is 14.8 Å². The minimum absolute atomic E-state index is 0.0500. The second kappa shape index (κ2) is 6.94. The Balaban J connectivity index is 2.14. The van der Waals surface area contributed by atoms with E-state index in [1.165, 1.54) is 18.2 Å². The second-order valence-corrected chi connectivity index (χ2v) is 7.07. The molecule has 24 heavy (non-hydrogen) atoms. The number of sulfonamides is 1. The third kappa shape index (κ3) is 4.27. The summed E-state index contributed by atoms with van der Waals surface area (Å²) in [5.74, 6) is -1.41. The van der Waals surface area contributed by atoms with Gasteiger partial charge in [0.1, 0.15) is 0 Å². The number of carbonyl (C=O) groups excluding carboxylic acids is 2. The predicted molar refractivity (Wildman–Crippen MR) is 89.9 cm³/mol. The van der Waals surface area contributed by atoms with Crippen molar-refractivity contribution >= 4 is 21.7 Å². The lowest BCUT2D eigenvalue weighted by molar-refractivity contribution is -0.117. The molecule has 0 fully saturated rings. The van der Waals surface area contributed by atoms with E-state index in [1.807, 2.05) is 6.92 Å². The molecule has 1 atom stereocenters. The predicted octanol–water partition coefficient (Wildman–Crippen LogP) is 1.70. The average Bonchev–Trinajstić information content (AvgIpc) is 2.54. The lowest BCUT2D eigenvalue weighted by Crippen LogP contribution is -2.33. The monoisotopic (exact) mass is 346 g/mol. The molecule has 0 heterocycles. The number of benzene rings is 2. The number of aryl methyl sites for hydroxylation is 1. The van der Waals surface area contributed by atoms with Crippen LogP contribution in [0.2, 0.25) is 0 Å². The van der Waals surface area contributed by atoms with E-state index in [9.17, 15) is 18.0 Å². The van der Waals surface area contributed by atoms with Crippen molar-refractivity contribution in [1.82, 2.24) is 5.32 Å². The number of amides is 1. The Morgan fingerprint density at radius 1 is 1.08 bits per heavy atom. The summed E-state index contributed by atoms with van der Waals surface area (Å²) in [5, 5.41) is 7.66. The zero-order valence-corrected chi connectivity index (χ0v) is 14.1. The van der Waals surface area contributed by atoms with Gasteiger partial charge in [0.05, 0.1) is 10.9 Å². The van der Waals surface area contributed by atoms with Crippen molar-refractivity contribution in [2.75, 3.05) is 0 Å². The van der Waals surface area contributed by atoms with Crippen molar-refractivity contribution in [3.8, 4) is 0 Å². The van der Waals surface area contributed by atoms with Crippen molar-refractivity contribution < 1.29 is 18.0 Å². The number of ketones is 1. The van der Waals surface area contributed by atoms with Crippen LogP contribution in [0.15, 0.2) is 53.4 Å². The van der Waals surface area contributed by atoms with Crippen LogP contribution in [0.5, 0.6) is 0 Å². The van der Waals surface area contributed by atoms with Crippen LogP contribution in [-0.4, -0.2) is 20.1 Å². The molecule has 1 amide bonds. The van der Waals surface area contributed by atoms with Crippen molar-refractivity contribution in [2.45, 2.75) is 24.8 Å². The van der Waals surface area contributed by atoms with Crippen LogP contribution in [0.4, 0.5) is 0 Å². The molecule has 7 heteroatoms. The third-order valence-electron chi connectivity index (χ3n) is 3.55. The summed E-state index contributed by atoms with van der Waals surface area (Å²) in [7, 11) is -3.83. The quantitative estimate of drug-likeness (QED) is 0.635. The summed E-state index contributed by atoms with van der Waals surface area (Å²) >= 11 is 0. The van der Waals surface area contributed by atoms with E-state index in [0.29, 0.717) is 11.1 Å². The van der Waals surface area contributed by atoms with Gasteiger partial charge in [-0.15, -0.1) is 0 Å². The van der Waals surface area contributed by atoms with E-state index in [1.54, 1.807) is 37.3 Å². The summed E-state index contributed by atoms with van der Waals surface area (Å²) in [4.78, 5) is 24.2. The molecule has 0 aliphatic rings. The highest BCUT2D eigenvalue weighted by Gasteiger charge is 2.19. The van der Waals surface area contributed by atoms with Gasteiger partial charge in [-0.2, -0.15) is 0 Å². The Morgan fingerprint density at radius 2 is 1.71 bits per heavy atom. The van der Waals surface area contributed by atoms with Gasteiger partial charge in [-0.25, -0.2) is 13.6 Å². The number of Topliss-reactive ketones (excluding diaryl/α,β-unsaturated/α-hetero) is 1. The Hall–Kier alpha value is -2.51. The van der Waals surface area contributed by atoms with E-state index in [4.69, 9.17) is 5.14 Å². The lowest BCUT2D eigenvalue weighted by Gasteiger charge is -2.14. The van der Waals surface area contributed by atoms with Gasteiger partial charge >= 0.3 is 0 Å². The first-order chi connectivity index (χ1) is 11.2. The van der Waals surface area contributed by atoms with E-state index < -0.39 is 27.8 Å². The molecule has 2 rings (SSSR count). The van der Waals surface area contributed by atoms with Gasteiger partial charge in [-0.3, -0.25) is 9.59 Å². The number of primary sulfonamides is 1. The van der Waals surface area contributed by atoms with E-state index >= 15 is 0 Å². The van der Waals surface area contributed by atoms with Crippen LogP contribution in [0.25, 0.3) is 0 Å². The Morgan fingerprint density at radius 3 is 2.29 bits per heavy atom. The normalized spacial score (nSPS) is 12.5. The fourth-order valence-electron chi connectivity index (χ4n) is 2.14. The lowest BCUT2D eigenvalue weighted by atomic mass is 10.1. The molecule has 0 aliphatic carbocycles. The molecular weight excluding hydrogens is 328 g/mol. The van der Waals surface area contributed by atoms with E-state index in [-0.39, 0.29) is 4.90 Å². The number of nitrogens with one attached hydrogen (secondary N) is 1. The Labute approximate surface area is 140 Å². The van der Waals surface area contributed by atoms with Crippen LogP contribution in [0.1, 0.15) is 34.5 Å². The SMILES string of the molecule is Cc1ccc(C(=O)C(=O)NC(C)c2cccc(S(N)(=O)=O)c2)cc1. The van der Waals surface area contributed by atoms with E-state index in [0.717, 1.165) is 5.56 Å². The molecule has 0 spiro atoms. The smallest absolute Gasteiger partial charge is 0.292 e. The topological polar surface area (TPSA) is 106 Å². The summed E-state index contributed by atoms with van der Waals surface area (Å²) in [5.41, 5.74) is 1.82. The second-order valence-electron chi connectivity index (χ2n) is 5.51. The van der Waals surface area contributed by atoms with E-state index in [2.05, 4.69) is 5.32 Å². The minimum Gasteiger partial charge on any atom is -0.343 e. The molecule has 6 nitrogen and oxygen atoms in total. The van der Waals surface area contributed by atoms with Crippen molar-refractivity contribution in [1.29, 1.82) is 0 Å². The minimum atomic E-state index is -3.83. The maximum absolute atomic E-state index is 12.1. The van der Waals surface area contributed by atoms with Crippen molar-refractivity contribution in [3.05, 3.63) is 65.2 Å². The first kappa shape index (κ1) is 17.8. The Bertz CT molecular complexity index is 874. The maximum Gasteiger partial charge on any atom is 0.292 e. The zero-order valence-electron chi connectivity index (χ0n) is 13.3.